The van der Waals surface area contributed by atoms with Gasteiger partial charge in [0.1, 0.15) is 17.2 Å². The van der Waals surface area contributed by atoms with Gasteiger partial charge in [-0.1, -0.05) is 13.0 Å². The summed E-state index contributed by atoms with van der Waals surface area (Å²) in [5.41, 5.74) is 3.01. The first-order chi connectivity index (χ1) is 19.4. The van der Waals surface area contributed by atoms with Crippen LogP contribution in [0.15, 0.2) is 42.7 Å². The number of aliphatic hydroxyl groups is 1. The minimum atomic E-state index is -0.955. The van der Waals surface area contributed by atoms with E-state index in [1.54, 1.807) is 11.7 Å². The number of nitrogens with one attached hydrogen (secondary N) is 1. The molecule has 5 heterocycles. The molecular formula is C30H34FN7O2. The van der Waals surface area contributed by atoms with E-state index >= 15 is 0 Å². The zero-order valence-corrected chi connectivity index (χ0v) is 23.1. The van der Waals surface area contributed by atoms with Crippen LogP contribution in [0.25, 0.3) is 16.9 Å². The molecule has 0 amide bonds. The minimum Gasteiger partial charge on any atom is -0.495 e. The van der Waals surface area contributed by atoms with Gasteiger partial charge in [-0.3, -0.25) is 9.47 Å². The summed E-state index contributed by atoms with van der Waals surface area (Å²) >= 11 is 0. The van der Waals surface area contributed by atoms with Crippen molar-refractivity contribution in [3.8, 4) is 11.6 Å². The number of fused-ring (bicyclic) bond motifs is 4. The van der Waals surface area contributed by atoms with Crippen LogP contribution in [0.5, 0.6) is 5.75 Å². The van der Waals surface area contributed by atoms with E-state index in [0.29, 0.717) is 53.4 Å². The fourth-order valence-corrected chi connectivity index (χ4v) is 6.68. The van der Waals surface area contributed by atoms with E-state index in [2.05, 4.69) is 38.2 Å². The summed E-state index contributed by atoms with van der Waals surface area (Å²) in [6.07, 6.45) is 7.33. The van der Waals surface area contributed by atoms with E-state index in [-0.39, 0.29) is 0 Å². The molecule has 9 nitrogen and oxygen atoms in total. The third-order valence-electron chi connectivity index (χ3n) is 9.16. The van der Waals surface area contributed by atoms with Gasteiger partial charge in [-0.05, 0) is 62.9 Å². The number of nitrogens with zero attached hydrogens (tertiary/aromatic N) is 6. The predicted octanol–water partition coefficient (Wildman–Crippen LogP) is 4.53. The van der Waals surface area contributed by atoms with E-state index in [9.17, 15) is 9.50 Å². The normalized spacial score (nSPS) is 24.1. The van der Waals surface area contributed by atoms with Crippen molar-refractivity contribution in [1.82, 2.24) is 24.4 Å². The second-order valence-electron chi connectivity index (χ2n) is 11.3. The number of halogens is 1. The maximum absolute atomic E-state index is 14.9. The minimum absolute atomic E-state index is 0.302. The van der Waals surface area contributed by atoms with Crippen molar-refractivity contribution < 1.29 is 14.2 Å². The standard InChI is InChI=1S/C30H34FN7O2/c1-4-30(39)12-11-18-5-10-26(34-27(18)30)38-17-23(31)22-14-32-29(35-28(22)38)33-19-6-9-24(25(13-19)40-3)37-15-20-7-8-21(16-37)36(20)2/h5-6,9-10,13-14,17,20-21,39H,4,7-8,11-12,15-16H2,1-3H3,(H,32,33,35)/t20?,21?,30-/m1/s1. The highest BCUT2D eigenvalue weighted by Gasteiger charge is 2.38. The van der Waals surface area contributed by atoms with Gasteiger partial charge in [-0.15, -0.1) is 0 Å². The molecule has 3 aromatic heterocycles. The summed E-state index contributed by atoms with van der Waals surface area (Å²) < 4.78 is 22.3. The molecule has 1 aromatic carbocycles. The molecule has 3 atom stereocenters. The van der Waals surface area contributed by atoms with Gasteiger partial charge in [0.15, 0.2) is 11.5 Å². The van der Waals surface area contributed by atoms with Crippen LogP contribution in [-0.2, 0) is 12.0 Å². The molecule has 208 valence electrons. The van der Waals surface area contributed by atoms with Crippen molar-refractivity contribution in [2.45, 2.75) is 56.7 Å². The molecule has 0 saturated carbocycles. The zero-order valence-electron chi connectivity index (χ0n) is 23.1. The van der Waals surface area contributed by atoms with Crippen LogP contribution < -0.4 is 15.0 Å². The van der Waals surface area contributed by atoms with E-state index in [1.807, 2.05) is 31.2 Å². The van der Waals surface area contributed by atoms with Gasteiger partial charge >= 0.3 is 0 Å². The van der Waals surface area contributed by atoms with E-state index in [4.69, 9.17) is 9.72 Å². The van der Waals surface area contributed by atoms with Gasteiger partial charge in [-0.2, -0.15) is 4.98 Å². The number of methoxy groups -OCH3 is 1. The SMILES string of the molecule is CC[C@@]1(O)CCc2ccc(-n3cc(F)c4cnc(Nc5ccc(N6CC7CCC(C6)N7C)c(OC)c5)nc43)nc21. The van der Waals surface area contributed by atoms with E-state index in [0.717, 1.165) is 42.2 Å². The number of ether oxygens (including phenoxy) is 1. The van der Waals surface area contributed by atoms with Crippen LogP contribution in [0.1, 0.15) is 43.9 Å². The van der Waals surface area contributed by atoms with Gasteiger partial charge in [0, 0.05) is 49.3 Å². The Morgan fingerprint density at radius 1 is 1.15 bits per heavy atom. The number of likely N-dealkylation sites (N-methyl/N-ethyl adjacent to an activating group) is 1. The monoisotopic (exact) mass is 543 g/mol. The molecule has 3 aliphatic rings. The highest BCUT2D eigenvalue weighted by atomic mass is 19.1. The molecule has 0 spiro atoms. The number of hydrogen-bond acceptors (Lipinski definition) is 8. The van der Waals surface area contributed by atoms with Gasteiger partial charge in [-0.25, -0.2) is 14.4 Å². The Morgan fingerprint density at radius 2 is 1.95 bits per heavy atom. The first-order valence-electron chi connectivity index (χ1n) is 14.1. The molecule has 1 aliphatic carbocycles. The molecule has 40 heavy (non-hydrogen) atoms. The van der Waals surface area contributed by atoms with Crippen LogP contribution >= 0.6 is 0 Å². The second kappa shape index (κ2) is 9.42. The molecular weight excluding hydrogens is 509 g/mol. The van der Waals surface area contributed by atoms with Crippen molar-refractivity contribution in [1.29, 1.82) is 0 Å². The van der Waals surface area contributed by atoms with Crippen molar-refractivity contribution in [2.75, 3.05) is 37.5 Å². The zero-order chi connectivity index (χ0) is 27.6. The number of benzene rings is 1. The number of rotatable bonds is 6. The maximum Gasteiger partial charge on any atom is 0.229 e. The average Bonchev–Trinajstić information content (AvgIpc) is 3.54. The highest BCUT2D eigenvalue weighted by molar-refractivity contribution is 5.79. The molecule has 2 N–H and O–H groups in total. The summed E-state index contributed by atoms with van der Waals surface area (Å²) in [4.78, 5) is 18.7. The summed E-state index contributed by atoms with van der Waals surface area (Å²) in [7, 11) is 3.92. The lowest BCUT2D eigenvalue weighted by atomic mass is 9.98. The summed E-state index contributed by atoms with van der Waals surface area (Å²) in [5.74, 6) is 1.21. The highest BCUT2D eigenvalue weighted by Crippen LogP contribution is 2.39. The molecule has 2 aliphatic heterocycles. The summed E-state index contributed by atoms with van der Waals surface area (Å²) in [5, 5.41) is 14.6. The third-order valence-corrected chi connectivity index (χ3v) is 9.16. The number of pyridine rings is 1. The molecule has 2 unspecified atom stereocenters. The van der Waals surface area contributed by atoms with Crippen molar-refractivity contribution >= 4 is 28.4 Å². The van der Waals surface area contributed by atoms with Crippen LogP contribution in [0.3, 0.4) is 0 Å². The Balaban J connectivity index is 1.19. The average molecular weight is 544 g/mol. The topological polar surface area (TPSA) is 91.6 Å². The lowest BCUT2D eigenvalue weighted by molar-refractivity contribution is 0.0306. The first-order valence-corrected chi connectivity index (χ1v) is 14.1. The Kier molecular flexibility index (Phi) is 5.94. The first kappa shape index (κ1) is 25.2. The number of hydrogen-bond donors (Lipinski definition) is 2. The number of piperazine rings is 1. The maximum atomic E-state index is 14.9. The Labute approximate surface area is 232 Å². The second-order valence-corrected chi connectivity index (χ2v) is 11.3. The smallest absolute Gasteiger partial charge is 0.229 e. The van der Waals surface area contributed by atoms with Crippen LogP contribution in [0.2, 0.25) is 0 Å². The molecule has 2 saturated heterocycles. The largest absolute Gasteiger partial charge is 0.495 e. The number of anilines is 3. The van der Waals surface area contributed by atoms with Crippen LogP contribution in [0.4, 0.5) is 21.7 Å². The molecule has 10 heteroatoms. The van der Waals surface area contributed by atoms with Crippen molar-refractivity contribution in [3.05, 3.63) is 59.8 Å². The van der Waals surface area contributed by atoms with E-state index < -0.39 is 11.4 Å². The Hall–Kier alpha value is -3.76. The summed E-state index contributed by atoms with van der Waals surface area (Å²) in [6.45, 7) is 3.94. The van der Waals surface area contributed by atoms with Crippen molar-refractivity contribution in [3.63, 3.8) is 0 Å². The van der Waals surface area contributed by atoms with Gasteiger partial charge in [0.2, 0.25) is 5.95 Å². The molecule has 7 rings (SSSR count). The molecule has 2 fully saturated rings. The Bertz CT molecular complexity index is 1590. The molecule has 0 radical (unpaired) electrons. The van der Waals surface area contributed by atoms with Crippen LogP contribution in [-0.4, -0.2) is 68.9 Å². The van der Waals surface area contributed by atoms with Crippen LogP contribution in [0, 0.1) is 5.82 Å². The fraction of sp³-hybridized carbons (Fsp3) is 0.433. The molecule has 2 bridgehead atoms. The van der Waals surface area contributed by atoms with Gasteiger partial charge in [0.25, 0.3) is 0 Å². The number of aryl methyl sites for hydroxylation is 1. The quantitative estimate of drug-likeness (QED) is 0.367. The van der Waals surface area contributed by atoms with Gasteiger partial charge in [0.05, 0.1) is 23.9 Å². The number of aromatic nitrogens is 4. The van der Waals surface area contributed by atoms with E-state index in [1.165, 1.54) is 25.2 Å². The van der Waals surface area contributed by atoms with Gasteiger partial charge < -0.3 is 20.1 Å². The Morgan fingerprint density at radius 3 is 2.70 bits per heavy atom. The lowest BCUT2D eigenvalue weighted by Gasteiger charge is -2.40. The fourth-order valence-electron chi connectivity index (χ4n) is 6.68. The van der Waals surface area contributed by atoms with Crippen molar-refractivity contribution in [2.24, 2.45) is 0 Å². The molecule has 4 aromatic rings. The third kappa shape index (κ3) is 4.00. The summed E-state index contributed by atoms with van der Waals surface area (Å²) in [6, 6.07) is 11.0. The lowest BCUT2D eigenvalue weighted by Crippen LogP contribution is -2.52. The predicted molar refractivity (Wildman–Crippen MR) is 152 cm³/mol.